The van der Waals surface area contributed by atoms with Crippen LogP contribution in [0.2, 0.25) is 0 Å². The topological polar surface area (TPSA) is 48.4 Å². The van der Waals surface area contributed by atoms with E-state index in [2.05, 4.69) is 16.8 Å². The highest BCUT2D eigenvalue weighted by Crippen LogP contribution is 2.15. The Kier molecular flexibility index (Phi) is 6.43. The summed E-state index contributed by atoms with van der Waals surface area (Å²) in [5, 5.41) is 0. The number of rotatable bonds is 5. The highest BCUT2D eigenvalue weighted by molar-refractivity contribution is 5.89. The Bertz CT molecular complexity index is 713. The number of hydrogen-bond acceptors (Lipinski definition) is 4. The number of pyridine rings is 1. The van der Waals surface area contributed by atoms with Crippen molar-refractivity contribution in [2.45, 2.75) is 6.92 Å². The van der Waals surface area contributed by atoms with Crippen LogP contribution in [0.1, 0.15) is 18.2 Å². The Morgan fingerprint density at radius 3 is 2.61 bits per heavy atom. The quantitative estimate of drug-likeness (QED) is 0.369. The van der Waals surface area contributed by atoms with Gasteiger partial charge in [0.1, 0.15) is 18.1 Å². The molecule has 23 heavy (non-hydrogen) atoms. The normalized spacial score (nSPS) is 10.4. The maximum atomic E-state index is 11.7. The summed E-state index contributed by atoms with van der Waals surface area (Å²) in [5.41, 5.74) is 1.46. The first-order chi connectivity index (χ1) is 11.3. The van der Waals surface area contributed by atoms with E-state index in [1.807, 2.05) is 48.5 Å². The van der Waals surface area contributed by atoms with Gasteiger partial charge in [-0.05, 0) is 25.0 Å². The zero-order valence-electron chi connectivity index (χ0n) is 12.9. The standard InChI is InChI=1S/C19H17NO3/c1-2-22-19(21)15-18(16-9-4-3-5-10-16)23-14-8-12-17-11-6-7-13-20-17/h3-7,9-11,13,15H,2,14H2,1H3/b18-15+. The van der Waals surface area contributed by atoms with Crippen LogP contribution >= 0.6 is 0 Å². The molecule has 2 aromatic rings. The molecule has 1 aromatic heterocycles. The van der Waals surface area contributed by atoms with Crippen molar-refractivity contribution >= 4 is 11.7 Å². The van der Waals surface area contributed by atoms with E-state index in [1.165, 1.54) is 6.08 Å². The van der Waals surface area contributed by atoms with Crippen molar-refractivity contribution in [3.8, 4) is 11.8 Å². The number of carbonyl (C=O) groups excluding carboxylic acids is 1. The second kappa shape index (κ2) is 9.06. The molecule has 0 fully saturated rings. The fourth-order valence-electron chi connectivity index (χ4n) is 1.78. The highest BCUT2D eigenvalue weighted by atomic mass is 16.5. The number of ether oxygens (including phenoxy) is 2. The summed E-state index contributed by atoms with van der Waals surface area (Å²) in [4.78, 5) is 15.8. The first-order valence-electron chi connectivity index (χ1n) is 7.26. The minimum atomic E-state index is -0.441. The van der Waals surface area contributed by atoms with Crippen molar-refractivity contribution < 1.29 is 14.3 Å². The van der Waals surface area contributed by atoms with Crippen LogP contribution in [0.4, 0.5) is 0 Å². The fraction of sp³-hybridized carbons (Fsp3) is 0.158. The molecule has 1 heterocycles. The van der Waals surface area contributed by atoms with E-state index >= 15 is 0 Å². The van der Waals surface area contributed by atoms with Gasteiger partial charge in [0.25, 0.3) is 0 Å². The van der Waals surface area contributed by atoms with Crippen molar-refractivity contribution in [1.82, 2.24) is 4.98 Å². The number of aromatic nitrogens is 1. The summed E-state index contributed by atoms with van der Waals surface area (Å²) >= 11 is 0. The van der Waals surface area contributed by atoms with Crippen LogP contribution in [0.5, 0.6) is 0 Å². The molecule has 4 nitrogen and oxygen atoms in total. The van der Waals surface area contributed by atoms with E-state index in [9.17, 15) is 4.79 Å². The van der Waals surface area contributed by atoms with Gasteiger partial charge in [-0.3, -0.25) is 0 Å². The molecule has 0 N–H and O–H groups in total. The van der Waals surface area contributed by atoms with Gasteiger partial charge >= 0.3 is 5.97 Å². The monoisotopic (exact) mass is 307 g/mol. The van der Waals surface area contributed by atoms with Crippen LogP contribution in [0.15, 0.2) is 60.8 Å². The lowest BCUT2D eigenvalue weighted by molar-refractivity contribution is -0.137. The van der Waals surface area contributed by atoms with Crippen molar-refractivity contribution in [3.05, 3.63) is 72.1 Å². The molecule has 0 aliphatic heterocycles. The van der Waals surface area contributed by atoms with Gasteiger partial charge < -0.3 is 9.47 Å². The molecule has 0 aliphatic carbocycles. The maximum Gasteiger partial charge on any atom is 0.334 e. The van der Waals surface area contributed by atoms with Crippen molar-refractivity contribution in [1.29, 1.82) is 0 Å². The Hall–Kier alpha value is -3.06. The van der Waals surface area contributed by atoms with Gasteiger partial charge in [0.05, 0.1) is 12.7 Å². The summed E-state index contributed by atoms with van der Waals surface area (Å²) in [6.07, 6.45) is 3.02. The molecular formula is C19H17NO3. The predicted molar refractivity (Wildman–Crippen MR) is 88.1 cm³/mol. The van der Waals surface area contributed by atoms with Crippen LogP contribution in [-0.2, 0) is 14.3 Å². The molecule has 2 rings (SSSR count). The average molecular weight is 307 g/mol. The third-order valence-corrected chi connectivity index (χ3v) is 2.78. The zero-order chi connectivity index (χ0) is 16.3. The summed E-state index contributed by atoms with van der Waals surface area (Å²) in [6.45, 7) is 2.22. The van der Waals surface area contributed by atoms with Crippen LogP contribution in [0, 0.1) is 11.8 Å². The van der Waals surface area contributed by atoms with Crippen molar-refractivity contribution in [2.75, 3.05) is 13.2 Å². The second-order valence-electron chi connectivity index (χ2n) is 4.43. The van der Waals surface area contributed by atoms with E-state index in [-0.39, 0.29) is 6.61 Å². The Labute approximate surface area is 135 Å². The summed E-state index contributed by atoms with van der Waals surface area (Å²) in [6, 6.07) is 14.9. The number of nitrogens with zero attached hydrogens (tertiary/aromatic N) is 1. The number of benzene rings is 1. The van der Waals surface area contributed by atoms with E-state index in [0.29, 0.717) is 18.1 Å². The maximum absolute atomic E-state index is 11.7. The number of hydrogen-bond donors (Lipinski definition) is 0. The first kappa shape index (κ1) is 16.3. The molecule has 0 saturated heterocycles. The lowest BCUT2D eigenvalue weighted by Gasteiger charge is -2.08. The SMILES string of the molecule is CCOC(=O)/C=C(/OCC#Cc1ccccn1)c1ccccc1. The van der Waals surface area contributed by atoms with Crippen LogP contribution in [0.25, 0.3) is 5.76 Å². The predicted octanol–water partition coefficient (Wildman–Crippen LogP) is 3.05. The Balaban J connectivity index is 2.07. The molecule has 1 aromatic carbocycles. The third kappa shape index (κ3) is 5.68. The van der Waals surface area contributed by atoms with E-state index in [0.717, 1.165) is 5.56 Å². The van der Waals surface area contributed by atoms with Gasteiger partial charge in [-0.1, -0.05) is 42.3 Å². The molecule has 0 unspecified atom stereocenters. The fourth-order valence-corrected chi connectivity index (χ4v) is 1.78. The van der Waals surface area contributed by atoms with E-state index in [1.54, 1.807) is 13.1 Å². The summed E-state index contributed by atoms with van der Waals surface area (Å²) < 4.78 is 10.6. The molecule has 0 amide bonds. The van der Waals surface area contributed by atoms with Gasteiger partial charge in [0.2, 0.25) is 0 Å². The van der Waals surface area contributed by atoms with Gasteiger partial charge in [-0.15, -0.1) is 0 Å². The molecule has 0 radical (unpaired) electrons. The highest BCUT2D eigenvalue weighted by Gasteiger charge is 2.06. The van der Waals surface area contributed by atoms with Gasteiger partial charge in [-0.25, -0.2) is 9.78 Å². The van der Waals surface area contributed by atoms with Crippen LogP contribution in [-0.4, -0.2) is 24.2 Å². The molecule has 0 atom stereocenters. The largest absolute Gasteiger partial charge is 0.480 e. The van der Waals surface area contributed by atoms with Crippen molar-refractivity contribution in [2.24, 2.45) is 0 Å². The van der Waals surface area contributed by atoms with E-state index < -0.39 is 5.97 Å². The molecule has 0 bridgehead atoms. The average Bonchev–Trinajstić information content (AvgIpc) is 2.59. The lowest BCUT2D eigenvalue weighted by atomic mass is 10.2. The first-order valence-corrected chi connectivity index (χ1v) is 7.26. The third-order valence-electron chi connectivity index (χ3n) is 2.78. The van der Waals surface area contributed by atoms with Crippen molar-refractivity contribution in [3.63, 3.8) is 0 Å². The molecule has 4 heteroatoms. The van der Waals surface area contributed by atoms with Gasteiger partial charge in [0.15, 0.2) is 0 Å². The zero-order valence-corrected chi connectivity index (χ0v) is 12.9. The smallest absolute Gasteiger partial charge is 0.334 e. The van der Waals surface area contributed by atoms with Gasteiger partial charge in [0, 0.05) is 11.8 Å². The minimum absolute atomic E-state index is 0.150. The lowest BCUT2D eigenvalue weighted by Crippen LogP contribution is -2.03. The number of esters is 1. The summed E-state index contributed by atoms with van der Waals surface area (Å²) in [5.74, 6) is 5.77. The molecule has 0 saturated carbocycles. The molecule has 116 valence electrons. The second-order valence-corrected chi connectivity index (χ2v) is 4.43. The molecule has 0 aliphatic rings. The number of carbonyl (C=O) groups is 1. The van der Waals surface area contributed by atoms with E-state index in [4.69, 9.17) is 9.47 Å². The molecule has 0 spiro atoms. The van der Waals surface area contributed by atoms with Crippen LogP contribution < -0.4 is 0 Å². The summed E-state index contributed by atoms with van der Waals surface area (Å²) in [7, 11) is 0. The Morgan fingerprint density at radius 2 is 1.91 bits per heavy atom. The van der Waals surface area contributed by atoms with Gasteiger partial charge in [-0.2, -0.15) is 0 Å². The minimum Gasteiger partial charge on any atom is -0.480 e. The Morgan fingerprint density at radius 1 is 1.13 bits per heavy atom. The van der Waals surface area contributed by atoms with Crippen LogP contribution in [0.3, 0.4) is 0 Å². The molecular weight excluding hydrogens is 290 g/mol.